The molecule has 1 unspecified atom stereocenters. The molecule has 0 aliphatic heterocycles. The normalized spacial score (nSPS) is 12.4. The second kappa shape index (κ2) is 6.17. The smallest absolute Gasteiger partial charge is 0.288 e. The number of hydrogen-bond donors (Lipinski definition) is 1. The van der Waals surface area contributed by atoms with Gasteiger partial charge in [0.15, 0.2) is 0 Å². The Balaban J connectivity index is 2.79. The van der Waals surface area contributed by atoms with Crippen molar-refractivity contribution in [1.29, 1.82) is 0 Å². The first kappa shape index (κ1) is 13.4. The minimum absolute atomic E-state index is 0.0361. The van der Waals surface area contributed by atoms with Crippen LogP contribution in [0.2, 0.25) is 0 Å². The summed E-state index contributed by atoms with van der Waals surface area (Å²) in [4.78, 5) is 14.0. The topological polar surface area (TPSA) is 76.3 Å². The third-order valence-electron chi connectivity index (χ3n) is 1.85. The van der Waals surface area contributed by atoms with E-state index in [1.54, 1.807) is 0 Å². The van der Waals surface area contributed by atoms with Crippen molar-refractivity contribution in [2.75, 3.05) is 6.61 Å². The third-order valence-corrected chi connectivity index (χ3v) is 3.91. The Morgan fingerprint density at radius 2 is 2.44 bits per heavy atom. The van der Waals surface area contributed by atoms with E-state index >= 15 is 0 Å². The number of nitrogens with zero attached hydrogens (tertiary/aromatic N) is 2. The molecule has 7 heteroatoms. The van der Waals surface area contributed by atoms with Crippen molar-refractivity contribution in [2.24, 2.45) is 0 Å². The molecule has 1 heterocycles. The van der Waals surface area contributed by atoms with Gasteiger partial charge in [-0.2, -0.15) is 0 Å². The first-order valence-corrected chi connectivity index (χ1v) is 6.29. The molecule has 0 spiro atoms. The van der Waals surface area contributed by atoms with Crippen molar-refractivity contribution in [3.8, 4) is 0 Å². The Bertz CT molecular complexity index is 389. The second-order valence-corrected chi connectivity index (χ2v) is 5.46. The molecule has 1 N–H and O–H groups in total. The highest BCUT2D eigenvalue weighted by atomic mass is 79.9. The maximum Gasteiger partial charge on any atom is 0.288 e. The number of aliphatic hydroxyl groups is 1. The van der Waals surface area contributed by atoms with Crippen molar-refractivity contribution in [2.45, 2.75) is 23.6 Å². The average Bonchev–Trinajstić information content (AvgIpc) is 2.21. The highest BCUT2D eigenvalue weighted by molar-refractivity contribution is 9.10. The summed E-state index contributed by atoms with van der Waals surface area (Å²) < 4.78 is 0.608. The molecule has 0 radical (unpaired) electrons. The fourth-order valence-electron chi connectivity index (χ4n) is 1.03. The van der Waals surface area contributed by atoms with E-state index < -0.39 is 4.92 Å². The van der Waals surface area contributed by atoms with Crippen molar-refractivity contribution in [3.63, 3.8) is 0 Å². The second-order valence-electron chi connectivity index (χ2n) is 3.18. The predicted octanol–water partition coefficient (Wildman–Crippen LogP) is 2.62. The standard InChI is InChI=1S/C9H11BrN2O3S/c1-6(2-3-13)16-9-8(10)4-7(5-11-9)12(14)15/h4-6,13H,2-3H2,1H3. The first-order valence-electron chi connectivity index (χ1n) is 4.62. The highest BCUT2D eigenvalue weighted by Gasteiger charge is 2.13. The van der Waals surface area contributed by atoms with Crippen LogP contribution >= 0.6 is 27.7 Å². The van der Waals surface area contributed by atoms with Gasteiger partial charge in [0, 0.05) is 17.9 Å². The lowest BCUT2D eigenvalue weighted by atomic mass is 10.3. The maximum absolute atomic E-state index is 10.5. The molecular formula is C9H11BrN2O3S. The summed E-state index contributed by atoms with van der Waals surface area (Å²) in [5, 5.41) is 20.2. The molecule has 0 saturated carbocycles. The minimum Gasteiger partial charge on any atom is -0.396 e. The summed E-state index contributed by atoms with van der Waals surface area (Å²) in [6.45, 7) is 2.09. The number of rotatable bonds is 5. The van der Waals surface area contributed by atoms with Gasteiger partial charge in [0.05, 0.1) is 9.40 Å². The SMILES string of the molecule is CC(CCO)Sc1ncc([N+](=O)[O-])cc1Br. The van der Waals surface area contributed by atoms with Crippen molar-refractivity contribution < 1.29 is 10.0 Å². The number of hydrogen-bond acceptors (Lipinski definition) is 5. The van der Waals surface area contributed by atoms with Gasteiger partial charge in [-0.05, 0) is 22.4 Å². The Morgan fingerprint density at radius 1 is 1.75 bits per heavy atom. The summed E-state index contributed by atoms with van der Waals surface area (Å²) in [7, 11) is 0. The van der Waals surface area contributed by atoms with Crippen LogP contribution in [0, 0.1) is 10.1 Å². The predicted molar refractivity (Wildman–Crippen MR) is 65.6 cm³/mol. The molecule has 1 aromatic heterocycles. The molecule has 1 rings (SSSR count). The van der Waals surface area contributed by atoms with E-state index in [0.29, 0.717) is 15.9 Å². The molecule has 0 aliphatic carbocycles. The molecule has 0 aromatic carbocycles. The largest absolute Gasteiger partial charge is 0.396 e. The van der Waals surface area contributed by atoms with Crippen molar-refractivity contribution >= 4 is 33.4 Å². The molecule has 1 aromatic rings. The lowest BCUT2D eigenvalue weighted by molar-refractivity contribution is -0.385. The van der Waals surface area contributed by atoms with Gasteiger partial charge in [-0.25, -0.2) is 4.98 Å². The van der Waals surface area contributed by atoms with Gasteiger partial charge in [-0.3, -0.25) is 10.1 Å². The third kappa shape index (κ3) is 3.73. The van der Waals surface area contributed by atoms with Crippen LogP contribution in [-0.4, -0.2) is 26.9 Å². The van der Waals surface area contributed by atoms with Crippen LogP contribution < -0.4 is 0 Å². The van der Waals surface area contributed by atoms with Crippen molar-refractivity contribution in [3.05, 3.63) is 26.9 Å². The van der Waals surface area contributed by atoms with Gasteiger partial charge < -0.3 is 5.11 Å². The fraction of sp³-hybridized carbons (Fsp3) is 0.444. The van der Waals surface area contributed by atoms with Crippen LogP contribution in [0.15, 0.2) is 21.8 Å². The Hall–Kier alpha value is -0.660. The molecule has 88 valence electrons. The number of nitro groups is 1. The lowest BCUT2D eigenvalue weighted by Gasteiger charge is -2.09. The minimum atomic E-state index is -0.483. The summed E-state index contributed by atoms with van der Waals surface area (Å²) >= 11 is 4.72. The molecule has 0 fully saturated rings. The van der Waals surface area contributed by atoms with Crippen LogP contribution in [0.1, 0.15) is 13.3 Å². The van der Waals surface area contributed by atoms with Gasteiger partial charge >= 0.3 is 0 Å². The molecule has 0 bridgehead atoms. The average molecular weight is 307 g/mol. The quantitative estimate of drug-likeness (QED) is 0.514. The van der Waals surface area contributed by atoms with Crippen LogP contribution in [-0.2, 0) is 0 Å². The number of aromatic nitrogens is 1. The number of pyridine rings is 1. The molecular weight excluding hydrogens is 296 g/mol. The fourth-order valence-corrected chi connectivity index (χ4v) is 2.54. The molecule has 16 heavy (non-hydrogen) atoms. The van der Waals surface area contributed by atoms with E-state index in [1.807, 2.05) is 6.92 Å². The molecule has 0 saturated heterocycles. The molecule has 1 atom stereocenters. The summed E-state index contributed by atoms with van der Waals surface area (Å²) in [5.41, 5.74) is -0.0361. The number of halogens is 1. The van der Waals surface area contributed by atoms with Crippen LogP contribution in [0.5, 0.6) is 0 Å². The van der Waals surface area contributed by atoms with E-state index in [0.717, 1.165) is 0 Å². The van der Waals surface area contributed by atoms with Gasteiger partial charge in [-0.15, -0.1) is 11.8 Å². The van der Waals surface area contributed by atoms with Crippen LogP contribution in [0.3, 0.4) is 0 Å². The zero-order valence-electron chi connectivity index (χ0n) is 8.59. The van der Waals surface area contributed by atoms with E-state index in [-0.39, 0.29) is 17.5 Å². The summed E-state index contributed by atoms with van der Waals surface area (Å²) in [6, 6.07) is 1.43. The van der Waals surface area contributed by atoms with Gasteiger partial charge in [-0.1, -0.05) is 6.92 Å². The highest BCUT2D eigenvalue weighted by Crippen LogP contribution is 2.31. The Kier molecular flexibility index (Phi) is 5.17. The van der Waals surface area contributed by atoms with Crippen LogP contribution in [0.25, 0.3) is 0 Å². The zero-order valence-corrected chi connectivity index (χ0v) is 11.0. The maximum atomic E-state index is 10.5. The lowest BCUT2D eigenvalue weighted by Crippen LogP contribution is -2.00. The molecule has 5 nitrogen and oxygen atoms in total. The Morgan fingerprint density at radius 3 is 2.94 bits per heavy atom. The van der Waals surface area contributed by atoms with Crippen LogP contribution in [0.4, 0.5) is 5.69 Å². The van der Waals surface area contributed by atoms with Gasteiger partial charge in [0.25, 0.3) is 5.69 Å². The van der Waals surface area contributed by atoms with E-state index in [1.165, 1.54) is 24.0 Å². The van der Waals surface area contributed by atoms with Gasteiger partial charge in [0.2, 0.25) is 0 Å². The molecule has 0 aliphatic rings. The van der Waals surface area contributed by atoms with E-state index in [2.05, 4.69) is 20.9 Å². The van der Waals surface area contributed by atoms with E-state index in [9.17, 15) is 10.1 Å². The van der Waals surface area contributed by atoms with E-state index in [4.69, 9.17) is 5.11 Å². The zero-order chi connectivity index (χ0) is 12.1. The number of aliphatic hydroxyl groups excluding tert-OH is 1. The molecule has 0 amide bonds. The summed E-state index contributed by atoms with van der Waals surface area (Å²) in [5.74, 6) is 0. The summed E-state index contributed by atoms with van der Waals surface area (Å²) in [6.07, 6.45) is 1.90. The van der Waals surface area contributed by atoms with Crippen molar-refractivity contribution in [1.82, 2.24) is 4.98 Å². The Labute approximate surface area is 106 Å². The number of thioether (sulfide) groups is 1. The van der Waals surface area contributed by atoms with Gasteiger partial charge in [0.1, 0.15) is 11.2 Å². The first-order chi connectivity index (χ1) is 7.54. The monoisotopic (exact) mass is 306 g/mol.